The standard InChI is InChI=1S/C8H11N5/c1-6-5-13(11-7(6)9)8-10-3-4-12(8)2/h3-5H,1-2H3,(H2,9,11). The van der Waals surface area contributed by atoms with Gasteiger partial charge in [-0.3, -0.25) is 0 Å². The summed E-state index contributed by atoms with van der Waals surface area (Å²) < 4.78 is 3.55. The molecular formula is C8H11N5. The highest BCUT2D eigenvalue weighted by atomic mass is 15.4. The van der Waals surface area contributed by atoms with E-state index in [1.54, 1.807) is 10.9 Å². The first-order chi connectivity index (χ1) is 6.18. The number of aryl methyl sites for hydroxylation is 2. The molecule has 0 aliphatic rings. The number of imidazole rings is 1. The highest BCUT2D eigenvalue weighted by Gasteiger charge is 2.05. The Morgan fingerprint density at radius 3 is 2.69 bits per heavy atom. The van der Waals surface area contributed by atoms with Crippen molar-refractivity contribution in [2.24, 2.45) is 7.05 Å². The molecule has 2 aromatic rings. The lowest BCUT2D eigenvalue weighted by Gasteiger charge is -1.98. The molecule has 2 aromatic heterocycles. The van der Waals surface area contributed by atoms with Crippen molar-refractivity contribution >= 4 is 5.82 Å². The van der Waals surface area contributed by atoms with Crippen molar-refractivity contribution < 1.29 is 0 Å². The molecule has 0 spiro atoms. The van der Waals surface area contributed by atoms with Crippen LogP contribution in [0.1, 0.15) is 5.56 Å². The fourth-order valence-electron chi connectivity index (χ4n) is 1.15. The molecule has 2 heterocycles. The van der Waals surface area contributed by atoms with Crippen LogP contribution in [0.5, 0.6) is 0 Å². The van der Waals surface area contributed by atoms with E-state index in [4.69, 9.17) is 5.73 Å². The number of nitrogen functional groups attached to an aromatic ring is 1. The van der Waals surface area contributed by atoms with Gasteiger partial charge in [0.1, 0.15) is 5.82 Å². The SMILES string of the molecule is Cc1cn(-c2nccn2C)nc1N. The molecule has 5 heteroatoms. The molecule has 0 aliphatic heterocycles. The molecule has 0 aromatic carbocycles. The topological polar surface area (TPSA) is 61.7 Å². The maximum Gasteiger partial charge on any atom is 0.230 e. The average Bonchev–Trinajstić information content (AvgIpc) is 2.60. The minimum absolute atomic E-state index is 0.544. The summed E-state index contributed by atoms with van der Waals surface area (Å²) in [7, 11) is 1.91. The van der Waals surface area contributed by atoms with Crippen molar-refractivity contribution in [3.63, 3.8) is 0 Å². The second-order valence-electron chi connectivity index (χ2n) is 2.98. The highest BCUT2D eigenvalue weighted by Crippen LogP contribution is 2.10. The van der Waals surface area contributed by atoms with Gasteiger partial charge in [0.25, 0.3) is 0 Å². The van der Waals surface area contributed by atoms with E-state index in [0.717, 1.165) is 11.5 Å². The van der Waals surface area contributed by atoms with E-state index in [0.29, 0.717) is 5.82 Å². The minimum Gasteiger partial charge on any atom is -0.382 e. The van der Waals surface area contributed by atoms with Crippen LogP contribution in [-0.4, -0.2) is 19.3 Å². The lowest BCUT2D eigenvalue weighted by Crippen LogP contribution is -2.03. The van der Waals surface area contributed by atoms with Crippen LogP contribution in [0.15, 0.2) is 18.6 Å². The van der Waals surface area contributed by atoms with Crippen molar-refractivity contribution in [3.05, 3.63) is 24.2 Å². The lowest BCUT2D eigenvalue weighted by atomic mass is 10.4. The summed E-state index contributed by atoms with van der Waals surface area (Å²) in [4.78, 5) is 4.15. The molecule has 0 bridgehead atoms. The summed E-state index contributed by atoms with van der Waals surface area (Å²) in [6.07, 6.45) is 5.45. The third kappa shape index (κ3) is 1.18. The molecule has 0 saturated carbocycles. The summed E-state index contributed by atoms with van der Waals surface area (Å²) in [6.45, 7) is 1.92. The molecular weight excluding hydrogens is 166 g/mol. The van der Waals surface area contributed by atoms with Gasteiger partial charge < -0.3 is 10.3 Å². The zero-order chi connectivity index (χ0) is 9.42. The Labute approximate surface area is 75.8 Å². The zero-order valence-electron chi connectivity index (χ0n) is 7.60. The fraction of sp³-hybridized carbons (Fsp3) is 0.250. The normalized spacial score (nSPS) is 10.6. The Kier molecular flexibility index (Phi) is 1.58. The summed E-state index contributed by atoms with van der Waals surface area (Å²) in [6, 6.07) is 0. The van der Waals surface area contributed by atoms with E-state index in [2.05, 4.69) is 10.1 Å². The Hall–Kier alpha value is -1.78. The molecule has 2 rings (SSSR count). The number of hydrogen-bond acceptors (Lipinski definition) is 3. The molecule has 0 atom stereocenters. The van der Waals surface area contributed by atoms with Gasteiger partial charge in [-0.2, -0.15) is 0 Å². The van der Waals surface area contributed by atoms with Gasteiger partial charge in [0, 0.05) is 31.2 Å². The van der Waals surface area contributed by atoms with Crippen molar-refractivity contribution in [3.8, 4) is 5.95 Å². The largest absolute Gasteiger partial charge is 0.382 e. The predicted octanol–water partition coefficient (Wildman–Crippen LogP) is 0.496. The van der Waals surface area contributed by atoms with Crippen molar-refractivity contribution in [2.45, 2.75) is 6.92 Å². The number of rotatable bonds is 1. The summed E-state index contributed by atoms with van der Waals surface area (Å²) in [5, 5.41) is 4.12. The molecule has 0 fully saturated rings. The average molecular weight is 177 g/mol. The first kappa shape index (κ1) is 7.85. The zero-order valence-corrected chi connectivity index (χ0v) is 7.60. The van der Waals surface area contributed by atoms with Gasteiger partial charge in [-0.15, -0.1) is 5.10 Å². The van der Waals surface area contributed by atoms with E-state index in [1.165, 1.54) is 0 Å². The van der Waals surface area contributed by atoms with Crippen LogP contribution in [0.3, 0.4) is 0 Å². The van der Waals surface area contributed by atoms with E-state index in [9.17, 15) is 0 Å². The lowest BCUT2D eigenvalue weighted by molar-refractivity contribution is 0.752. The number of hydrogen-bond donors (Lipinski definition) is 1. The monoisotopic (exact) mass is 177 g/mol. The number of aromatic nitrogens is 4. The Morgan fingerprint density at radius 1 is 1.46 bits per heavy atom. The maximum atomic E-state index is 5.63. The molecule has 5 nitrogen and oxygen atoms in total. The number of anilines is 1. The van der Waals surface area contributed by atoms with Gasteiger partial charge in [0.2, 0.25) is 5.95 Å². The molecule has 0 saturated heterocycles. The Morgan fingerprint density at radius 2 is 2.23 bits per heavy atom. The van der Waals surface area contributed by atoms with Crippen LogP contribution in [0.4, 0.5) is 5.82 Å². The van der Waals surface area contributed by atoms with Gasteiger partial charge in [-0.05, 0) is 6.92 Å². The van der Waals surface area contributed by atoms with Crippen LogP contribution in [-0.2, 0) is 7.05 Å². The second-order valence-corrected chi connectivity index (χ2v) is 2.98. The van der Waals surface area contributed by atoms with Crippen LogP contribution >= 0.6 is 0 Å². The number of nitrogens with zero attached hydrogens (tertiary/aromatic N) is 4. The Balaban J connectivity index is 2.53. The highest BCUT2D eigenvalue weighted by molar-refractivity contribution is 5.37. The smallest absolute Gasteiger partial charge is 0.230 e. The molecule has 13 heavy (non-hydrogen) atoms. The van der Waals surface area contributed by atoms with E-state index in [1.807, 2.05) is 30.9 Å². The molecule has 0 amide bonds. The van der Waals surface area contributed by atoms with Crippen molar-refractivity contribution in [1.82, 2.24) is 19.3 Å². The van der Waals surface area contributed by atoms with Crippen molar-refractivity contribution in [1.29, 1.82) is 0 Å². The third-order valence-corrected chi connectivity index (χ3v) is 1.94. The molecule has 0 aliphatic carbocycles. The van der Waals surface area contributed by atoms with Gasteiger partial charge in [0.05, 0.1) is 0 Å². The van der Waals surface area contributed by atoms with Gasteiger partial charge in [-0.1, -0.05) is 0 Å². The van der Waals surface area contributed by atoms with Crippen LogP contribution in [0.25, 0.3) is 5.95 Å². The quantitative estimate of drug-likeness (QED) is 0.689. The first-order valence-electron chi connectivity index (χ1n) is 3.98. The minimum atomic E-state index is 0.544. The summed E-state index contributed by atoms with van der Waals surface area (Å²) >= 11 is 0. The molecule has 68 valence electrons. The van der Waals surface area contributed by atoms with E-state index in [-0.39, 0.29) is 0 Å². The Bertz CT molecular complexity index is 406. The molecule has 0 radical (unpaired) electrons. The van der Waals surface area contributed by atoms with Gasteiger partial charge in [0.15, 0.2) is 0 Å². The summed E-state index contributed by atoms with van der Waals surface area (Å²) in [5.41, 5.74) is 6.59. The van der Waals surface area contributed by atoms with Crippen LogP contribution < -0.4 is 5.73 Å². The molecule has 2 N–H and O–H groups in total. The predicted molar refractivity (Wildman–Crippen MR) is 49.5 cm³/mol. The van der Waals surface area contributed by atoms with Gasteiger partial charge >= 0.3 is 0 Å². The van der Waals surface area contributed by atoms with Gasteiger partial charge in [-0.25, -0.2) is 9.67 Å². The maximum absolute atomic E-state index is 5.63. The second kappa shape index (κ2) is 2.62. The number of nitrogens with two attached hydrogens (primary N) is 1. The van der Waals surface area contributed by atoms with Crippen molar-refractivity contribution in [2.75, 3.05) is 5.73 Å². The molecule has 0 unspecified atom stereocenters. The summed E-state index contributed by atoms with van der Waals surface area (Å²) in [5.74, 6) is 1.31. The van der Waals surface area contributed by atoms with E-state index >= 15 is 0 Å². The third-order valence-electron chi connectivity index (χ3n) is 1.94. The van der Waals surface area contributed by atoms with E-state index < -0.39 is 0 Å². The van der Waals surface area contributed by atoms with Crippen LogP contribution in [0.2, 0.25) is 0 Å². The first-order valence-corrected chi connectivity index (χ1v) is 3.98. The van der Waals surface area contributed by atoms with Crippen LogP contribution in [0, 0.1) is 6.92 Å². The fourth-order valence-corrected chi connectivity index (χ4v) is 1.15.